The van der Waals surface area contributed by atoms with Crippen LogP contribution in [0.2, 0.25) is 0 Å². The summed E-state index contributed by atoms with van der Waals surface area (Å²) in [6.07, 6.45) is 2.33. The second-order valence-electron chi connectivity index (χ2n) is 7.59. The molecule has 0 saturated heterocycles. The molecule has 1 aliphatic heterocycles. The highest BCUT2D eigenvalue weighted by molar-refractivity contribution is 7.91. The molecule has 1 amide bonds. The van der Waals surface area contributed by atoms with Gasteiger partial charge in [-0.2, -0.15) is 0 Å². The lowest BCUT2D eigenvalue weighted by Crippen LogP contribution is -2.23. The summed E-state index contributed by atoms with van der Waals surface area (Å²) in [4.78, 5) is 13.6. The molecule has 1 aromatic heterocycles. The molecule has 6 nitrogen and oxygen atoms in total. The molecule has 4 rings (SSSR count). The van der Waals surface area contributed by atoms with Crippen molar-refractivity contribution >= 4 is 32.8 Å². The Morgan fingerprint density at radius 3 is 2.41 bits per heavy atom. The number of sulfone groups is 1. The Balaban J connectivity index is 1.65. The molecule has 0 fully saturated rings. The van der Waals surface area contributed by atoms with E-state index in [-0.39, 0.29) is 28.0 Å². The predicted octanol–water partition coefficient (Wildman–Crippen LogP) is 5.24. The fourth-order valence-corrected chi connectivity index (χ4v) is 6.59. The molecule has 0 bridgehead atoms. The summed E-state index contributed by atoms with van der Waals surface area (Å²) in [5.74, 6) is 0.965. The summed E-state index contributed by atoms with van der Waals surface area (Å²) in [6.45, 7) is 2.78. The number of nitrogens with one attached hydrogen (secondary N) is 1. The molecule has 0 aliphatic carbocycles. The monoisotopic (exact) mass is 471 g/mol. The Morgan fingerprint density at radius 1 is 1.06 bits per heavy atom. The number of hydrogen-bond acceptors (Lipinski definition) is 6. The van der Waals surface area contributed by atoms with E-state index in [9.17, 15) is 13.2 Å². The molecule has 2 aromatic carbocycles. The highest BCUT2D eigenvalue weighted by Gasteiger charge is 2.34. The molecule has 0 saturated carbocycles. The van der Waals surface area contributed by atoms with Crippen molar-refractivity contribution in [3.63, 3.8) is 0 Å². The zero-order valence-corrected chi connectivity index (χ0v) is 19.6. The molecule has 1 atom stereocenters. The highest BCUT2D eigenvalue weighted by atomic mass is 32.2. The van der Waals surface area contributed by atoms with Crippen molar-refractivity contribution in [3.8, 4) is 11.5 Å². The first-order valence-electron chi connectivity index (χ1n) is 10.5. The first kappa shape index (κ1) is 22.4. The smallest absolute Gasteiger partial charge is 0.225 e. The van der Waals surface area contributed by atoms with Gasteiger partial charge in [-0.3, -0.25) is 4.79 Å². The first-order valence-corrected chi connectivity index (χ1v) is 12.8. The molecular weight excluding hydrogens is 446 g/mol. The molecular formula is C24H25NO5S2. The van der Waals surface area contributed by atoms with Gasteiger partial charge in [0.2, 0.25) is 15.7 Å². The first-order chi connectivity index (χ1) is 15.4. The number of fused-ring (bicyclic) bond motifs is 1. The van der Waals surface area contributed by atoms with Crippen LogP contribution in [0.4, 0.5) is 5.69 Å². The lowest BCUT2D eigenvalue weighted by atomic mass is 9.90. The maximum absolute atomic E-state index is 13.3. The maximum atomic E-state index is 13.3. The van der Waals surface area contributed by atoms with Crippen LogP contribution in [0.15, 0.2) is 63.7 Å². The van der Waals surface area contributed by atoms with Crippen molar-refractivity contribution < 1.29 is 22.7 Å². The van der Waals surface area contributed by atoms with E-state index in [1.165, 1.54) is 30.6 Å². The van der Waals surface area contributed by atoms with Gasteiger partial charge in [-0.1, -0.05) is 25.5 Å². The molecule has 3 aromatic rings. The lowest BCUT2D eigenvalue weighted by molar-refractivity contribution is -0.116. The minimum Gasteiger partial charge on any atom is -0.497 e. The average Bonchev–Trinajstić information content (AvgIpc) is 3.24. The molecule has 8 heteroatoms. The summed E-state index contributed by atoms with van der Waals surface area (Å²) < 4.78 is 37.4. The van der Waals surface area contributed by atoms with Crippen LogP contribution >= 0.6 is 11.3 Å². The van der Waals surface area contributed by atoms with Gasteiger partial charge in [0.25, 0.3) is 0 Å². The fourth-order valence-electron chi connectivity index (χ4n) is 3.68. The Bertz CT molecular complexity index is 1200. The number of ether oxygens (including phenoxy) is 2. The minimum absolute atomic E-state index is 0.125. The van der Waals surface area contributed by atoms with E-state index in [2.05, 4.69) is 12.2 Å². The van der Waals surface area contributed by atoms with Crippen molar-refractivity contribution in [1.29, 1.82) is 0 Å². The summed E-state index contributed by atoms with van der Waals surface area (Å²) in [7, 11) is -2.26. The fraction of sp³-hybridized carbons (Fsp3) is 0.292. The summed E-state index contributed by atoms with van der Waals surface area (Å²) in [6, 6.07) is 13.9. The standard InChI is InChI=1S/C24H25NO5S2/c1-3-4-13-30-18-7-5-16(6-8-18)20-14-22(26)25-23-21(15-31-24(20)23)32(27,28)19-11-9-17(29-2)10-12-19/h5-12,15,20H,3-4,13-14H2,1-2H3,(H,25,26). The zero-order chi connectivity index (χ0) is 22.7. The van der Waals surface area contributed by atoms with Crippen LogP contribution in [0.25, 0.3) is 0 Å². The van der Waals surface area contributed by atoms with Crippen LogP contribution in [-0.4, -0.2) is 28.0 Å². The Hall–Kier alpha value is -2.84. The number of benzene rings is 2. The van der Waals surface area contributed by atoms with E-state index in [1.807, 2.05) is 24.3 Å². The van der Waals surface area contributed by atoms with E-state index >= 15 is 0 Å². The van der Waals surface area contributed by atoms with Gasteiger partial charge < -0.3 is 14.8 Å². The zero-order valence-electron chi connectivity index (χ0n) is 18.0. The van der Waals surface area contributed by atoms with Gasteiger partial charge in [0, 0.05) is 22.6 Å². The van der Waals surface area contributed by atoms with E-state index in [0.29, 0.717) is 18.0 Å². The maximum Gasteiger partial charge on any atom is 0.225 e. The van der Waals surface area contributed by atoms with Gasteiger partial charge in [0.05, 0.1) is 24.3 Å². The Morgan fingerprint density at radius 2 is 1.75 bits per heavy atom. The van der Waals surface area contributed by atoms with Gasteiger partial charge in [-0.15, -0.1) is 11.3 Å². The second-order valence-corrected chi connectivity index (χ2v) is 10.4. The number of unbranched alkanes of at least 4 members (excludes halogenated alkanes) is 1. The van der Waals surface area contributed by atoms with Crippen LogP contribution in [0.5, 0.6) is 11.5 Å². The average molecular weight is 472 g/mol. The van der Waals surface area contributed by atoms with Crippen LogP contribution in [-0.2, 0) is 14.6 Å². The Labute approximate surface area is 192 Å². The van der Waals surface area contributed by atoms with Crippen molar-refractivity contribution in [1.82, 2.24) is 0 Å². The van der Waals surface area contributed by atoms with Crippen molar-refractivity contribution in [3.05, 3.63) is 64.4 Å². The van der Waals surface area contributed by atoms with Gasteiger partial charge in [-0.25, -0.2) is 8.42 Å². The number of thiophene rings is 1. The van der Waals surface area contributed by atoms with Crippen molar-refractivity contribution in [2.75, 3.05) is 19.0 Å². The minimum atomic E-state index is -3.79. The van der Waals surface area contributed by atoms with Crippen LogP contribution in [0, 0.1) is 0 Å². The number of carbonyl (C=O) groups excluding carboxylic acids is 1. The summed E-state index contributed by atoms with van der Waals surface area (Å²) in [5.41, 5.74) is 1.34. The SMILES string of the molecule is CCCCOc1ccc(C2CC(=O)Nc3c(S(=O)(=O)c4ccc(OC)cc4)csc32)cc1. The van der Waals surface area contributed by atoms with Gasteiger partial charge in [0.1, 0.15) is 16.4 Å². The van der Waals surface area contributed by atoms with E-state index < -0.39 is 9.84 Å². The second kappa shape index (κ2) is 9.34. The molecule has 32 heavy (non-hydrogen) atoms. The van der Waals surface area contributed by atoms with Gasteiger partial charge in [-0.05, 0) is 48.4 Å². The molecule has 2 heterocycles. The lowest BCUT2D eigenvalue weighted by Gasteiger charge is -2.24. The van der Waals surface area contributed by atoms with Crippen LogP contribution in [0.3, 0.4) is 0 Å². The molecule has 1 N–H and O–H groups in total. The van der Waals surface area contributed by atoms with E-state index in [0.717, 1.165) is 29.0 Å². The third-order valence-electron chi connectivity index (χ3n) is 5.46. The number of methoxy groups -OCH3 is 1. The summed E-state index contributed by atoms with van der Waals surface area (Å²) >= 11 is 1.36. The number of rotatable bonds is 8. The van der Waals surface area contributed by atoms with E-state index in [4.69, 9.17) is 9.47 Å². The number of carbonyl (C=O) groups is 1. The van der Waals surface area contributed by atoms with E-state index in [1.54, 1.807) is 17.5 Å². The molecule has 1 unspecified atom stereocenters. The molecule has 1 aliphatic rings. The molecule has 0 radical (unpaired) electrons. The third-order valence-corrected chi connectivity index (χ3v) is 8.50. The largest absolute Gasteiger partial charge is 0.497 e. The molecule has 0 spiro atoms. The Kier molecular flexibility index (Phi) is 6.53. The normalized spacial score (nSPS) is 15.7. The van der Waals surface area contributed by atoms with Crippen LogP contribution < -0.4 is 14.8 Å². The predicted molar refractivity (Wildman–Crippen MR) is 125 cm³/mol. The summed E-state index contributed by atoms with van der Waals surface area (Å²) in [5, 5.41) is 4.41. The quantitative estimate of drug-likeness (QED) is 0.454. The van der Waals surface area contributed by atoms with Gasteiger partial charge in [0.15, 0.2) is 0 Å². The number of hydrogen-bond donors (Lipinski definition) is 1. The number of amides is 1. The third kappa shape index (κ3) is 4.38. The molecule has 168 valence electrons. The van der Waals surface area contributed by atoms with Crippen LogP contribution in [0.1, 0.15) is 42.5 Å². The highest BCUT2D eigenvalue weighted by Crippen LogP contribution is 2.46. The van der Waals surface area contributed by atoms with Crippen molar-refractivity contribution in [2.45, 2.75) is 41.9 Å². The van der Waals surface area contributed by atoms with Gasteiger partial charge >= 0.3 is 0 Å². The number of anilines is 1. The topological polar surface area (TPSA) is 81.7 Å². The van der Waals surface area contributed by atoms with Crippen molar-refractivity contribution in [2.24, 2.45) is 0 Å².